The highest BCUT2D eigenvalue weighted by molar-refractivity contribution is 6.08. The van der Waals surface area contributed by atoms with Crippen molar-refractivity contribution in [1.82, 2.24) is 20.9 Å². The molecule has 7 N–H and O–H groups in total. The average Bonchev–Trinajstić information content (AvgIpc) is 3.51. The van der Waals surface area contributed by atoms with Crippen LogP contribution in [-0.4, -0.2) is 77.9 Å². The van der Waals surface area contributed by atoms with E-state index in [1.54, 1.807) is 23.1 Å². The van der Waals surface area contributed by atoms with Crippen molar-refractivity contribution in [3.8, 4) is 5.75 Å². The zero-order valence-corrected chi connectivity index (χ0v) is 25.7. The van der Waals surface area contributed by atoms with Gasteiger partial charge in [-0.15, -0.1) is 0 Å². The number of hydrogen-bond donors (Lipinski definition) is 6. The first kappa shape index (κ1) is 33.8. The topological polar surface area (TPSA) is 187 Å². The van der Waals surface area contributed by atoms with Crippen LogP contribution in [0.15, 0.2) is 78.9 Å². The number of nitrogens with two attached hydrogens (primary N) is 1. The second-order valence-corrected chi connectivity index (χ2v) is 11.2. The molecule has 0 saturated carbocycles. The minimum absolute atomic E-state index is 0.133. The summed E-state index contributed by atoms with van der Waals surface area (Å²) in [6, 6.07) is 21.1. The van der Waals surface area contributed by atoms with Crippen molar-refractivity contribution in [2.75, 3.05) is 20.2 Å². The van der Waals surface area contributed by atoms with Crippen molar-refractivity contribution in [3.63, 3.8) is 0 Å². The van der Waals surface area contributed by atoms with Crippen LogP contribution >= 0.6 is 0 Å². The Hall–Kier alpha value is -5.07. The molecule has 1 saturated heterocycles. The number of methoxy groups -OCH3 is 1. The van der Waals surface area contributed by atoms with Gasteiger partial charge in [0.2, 0.25) is 17.7 Å². The predicted octanol–water partition coefficient (Wildman–Crippen LogP) is 1.60. The van der Waals surface area contributed by atoms with Gasteiger partial charge >= 0.3 is 5.97 Å². The molecule has 0 aromatic heterocycles. The summed E-state index contributed by atoms with van der Waals surface area (Å²) in [6.07, 6.45) is 1.82. The number of aliphatic carboxylic acids is 1. The maximum absolute atomic E-state index is 13.4. The first-order chi connectivity index (χ1) is 22.1. The summed E-state index contributed by atoms with van der Waals surface area (Å²) in [5.74, 6) is -2.11. The van der Waals surface area contributed by atoms with Crippen LogP contribution in [0.3, 0.4) is 0 Å². The smallest absolute Gasteiger partial charge is 0.317 e. The fourth-order valence-corrected chi connectivity index (χ4v) is 5.41. The van der Waals surface area contributed by atoms with E-state index in [-0.39, 0.29) is 31.3 Å². The number of amides is 3. The van der Waals surface area contributed by atoms with E-state index < -0.39 is 35.9 Å². The molecule has 0 spiro atoms. The van der Waals surface area contributed by atoms with Crippen molar-refractivity contribution in [1.29, 1.82) is 5.41 Å². The minimum Gasteiger partial charge on any atom is -0.496 e. The maximum atomic E-state index is 13.4. The normalized spacial score (nSPS) is 15.7. The summed E-state index contributed by atoms with van der Waals surface area (Å²) < 4.78 is 5.51. The Morgan fingerprint density at radius 2 is 1.63 bits per heavy atom. The molecule has 4 rings (SSSR count). The lowest BCUT2D eigenvalue weighted by Gasteiger charge is -2.22. The van der Waals surface area contributed by atoms with E-state index in [1.165, 1.54) is 7.11 Å². The molecule has 46 heavy (non-hydrogen) atoms. The largest absolute Gasteiger partial charge is 0.496 e. The summed E-state index contributed by atoms with van der Waals surface area (Å²) in [4.78, 5) is 52.1. The molecule has 0 unspecified atom stereocenters. The van der Waals surface area contributed by atoms with E-state index in [9.17, 15) is 19.2 Å². The summed E-state index contributed by atoms with van der Waals surface area (Å²) in [5, 5.41) is 25.9. The first-order valence-electron chi connectivity index (χ1n) is 15.1. The maximum Gasteiger partial charge on any atom is 0.317 e. The molecule has 1 fully saturated rings. The number of carbonyl (C=O) groups is 4. The Bertz CT molecular complexity index is 1530. The third-order valence-corrected chi connectivity index (χ3v) is 7.83. The van der Waals surface area contributed by atoms with E-state index in [1.807, 2.05) is 60.7 Å². The van der Waals surface area contributed by atoms with Crippen LogP contribution in [0.25, 0.3) is 0 Å². The predicted molar refractivity (Wildman–Crippen MR) is 172 cm³/mol. The Kier molecular flexibility index (Phi) is 12.0. The minimum atomic E-state index is -0.996. The second kappa shape index (κ2) is 16.3. The van der Waals surface area contributed by atoms with Crippen molar-refractivity contribution in [2.24, 2.45) is 5.73 Å². The molecule has 242 valence electrons. The Labute approximate surface area is 267 Å². The number of hydrogen-bond acceptors (Lipinski definition) is 8. The molecule has 3 amide bonds. The number of carboxylic acid groups (broad SMARTS) is 1. The number of likely N-dealkylation sites (tertiary alicyclic amines) is 1. The van der Waals surface area contributed by atoms with Crippen molar-refractivity contribution in [3.05, 3.63) is 101 Å². The van der Waals surface area contributed by atoms with Gasteiger partial charge in [0.1, 0.15) is 17.6 Å². The van der Waals surface area contributed by atoms with Gasteiger partial charge in [0.05, 0.1) is 25.7 Å². The fraction of sp³-hybridized carbons (Fsp3) is 0.324. The summed E-state index contributed by atoms with van der Waals surface area (Å²) in [6.45, 7) is 0.487. The van der Waals surface area contributed by atoms with Gasteiger partial charge < -0.3 is 31.5 Å². The van der Waals surface area contributed by atoms with Gasteiger partial charge in [0.25, 0.3) is 0 Å². The van der Waals surface area contributed by atoms with Gasteiger partial charge in [-0.1, -0.05) is 72.8 Å². The number of carboxylic acids is 1. The zero-order chi connectivity index (χ0) is 33.1. The van der Waals surface area contributed by atoms with Gasteiger partial charge in [-0.05, 0) is 43.0 Å². The Balaban J connectivity index is 1.40. The molecule has 1 aliphatic heterocycles. The van der Waals surface area contributed by atoms with E-state index in [4.69, 9.17) is 21.0 Å². The number of carbonyl (C=O) groups excluding carboxylic acids is 3. The van der Waals surface area contributed by atoms with Gasteiger partial charge in [-0.3, -0.25) is 29.5 Å². The number of amidine groups is 1. The highest BCUT2D eigenvalue weighted by Gasteiger charge is 2.32. The molecule has 12 heteroatoms. The fourth-order valence-electron chi connectivity index (χ4n) is 5.41. The highest BCUT2D eigenvalue weighted by Crippen LogP contribution is 2.22. The highest BCUT2D eigenvalue weighted by atomic mass is 16.5. The summed E-state index contributed by atoms with van der Waals surface area (Å²) in [5.41, 5.74) is 8.90. The lowest BCUT2D eigenvalue weighted by molar-refractivity contribution is -0.139. The third kappa shape index (κ3) is 9.46. The summed E-state index contributed by atoms with van der Waals surface area (Å²) >= 11 is 0. The van der Waals surface area contributed by atoms with Crippen LogP contribution < -0.4 is 26.4 Å². The Morgan fingerprint density at radius 1 is 0.978 bits per heavy atom. The van der Waals surface area contributed by atoms with Crippen LogP contribution in [0.5, 0.6) is 5.75 Å². The number of rotatable bonds is 14. The number of nitrogens with one attached hydrogen (secondary N) is 4. The molecule has 0 aliphatic carbocycles. The summed E-state index contributed by atoms with van der Waals surface area (Å²) in [7, 11) is 1.46. The number of ether oxygens (including phenoxy) is 1. The van der Waals surface area contributed by atoms with Crippen molar-refractivity contribution in [2.45, 2.75) is 50.4 Å². The molecule has 3 aromatic rings. The van der Waals surface area contributed by atoms with Crippen LogP contribution in [0.4, 0.5) is 0 Å². The van der Waals surface area contributed by atoms with Gasteiger partial charge in [-0.25, -0.2) is 0 Å². The molecular formula is C34H40N6O6. The van der Waals surface area contributed by atoms with E-state index in [0.717, 1.165) is 17.5 Å². The lowest BCUT2D eigenvalue weighted by Crippen LogP contribution is -2.53. The number of benzene rings is 3. The first-order valence-corrected chi connectivity index (χ1v) is 15.1. The molecule has 1 aliphatic rings. The molecular weight excluding hydrogens is 588 g/mol. The van der Waals surface area contributed by atoms with Crippen LogP contribution in [0.1, 0.15) is 35.1 Å². The van der Waals surface area contributed by atoms with E-state index >= 15 is 0 Å². The molecule has 0 radical (unpaired) electrons. The van der Waals surface area contributed by atoms with Crippen molar-refractivity contribution >= 4 is 29.5 Å². The van der Waals surface area contributed by atoms with Gasteiger partial charge in [0.15, 0.2) is 0 Å². The quantitative estimate of drug-likeness (QED) is 0.115. The van der Waals surface area contributed by atoms with Gasteiger partial charge in [0, 0.05) is 24.1 Å². The molecule has 0 bridgehead atoms. The van der Waals surface area contributed by atoms with Crippen LogP contribution in [0, 0.1) is 5.41 Å². The van der Waals surface area contributed by atoms with Crippen molar-refractivity contribution < 1.29 is 29.0 Å². The third-order valence-electron chi connectivity index (χ3n) is 7.83. The average molecular weight is 629 g/mol. The van der Waals surface area contributed by atoms with Crippen LogP contribution in [-0.2, 0) is 38.6 Å². The van der Waals surface area contributed by atoms with E-state index in [0.29, 0.717) is 36.3 Å². The molecule has 3 aromatic carbocycles. The molecule has 1 heterocycles. The number of nitrogens with zero attached hydrogens (tertiary/aromatic N) is 1. The standard InChI is InChI=1S/C34H40N6O6/c1-46-29-19-24(14-15-25(29)20-37-34(45)28-13-8-16-40(28)21-30(41)42)31(36)39-33(44)27(18-23-11-6-3-7-12-23)38-32(43)26(35)17-22-9-4-2-5-10-22/h2-7,9-12,14-15,19,26-28H,8,13,16-18,20-21,35H2,1H3,(H,37,45)(H,38,43)(H,41,42)(H2,36,39,44)/t26-,27-,28-/m0/s1. The molecule has 3 atom stereocenters. The lowest BCUT2D eigenvalue weighted by atomic mass is 10.0. The van der Waals surface area contributed by atoms with E-state index in [2.05, 4.69) is 16.0 Å². The molecule has 12 nitrogen and oxygen atoms in total. The Morgan fingerprint density at radius 3 is 2.26 bits per heavy atom. The second-order valence-electron chi connectivity index (χ2n) is 11.2. The van der Waals surface area contributed by atoms with Gasteiger partial charge in [-0.2, -0.15) is 0 Å². The zero-order valence-electron chi connectivity index (χ0n) is 25.7. The monoisotopic (exact) mass is 628 g/mol. The SMILES string of the molecule is COc1cc(C(=N)NC(=O)[C@H](Cc2ccccc2)NC(=O)[C@@H](N)Cc2ccccc2)ccc1CNC(=O)[C@@H]1CCCN1CC(=O)O. The van der Waals surface area contributed by atoms with Crippen LogP contribution in [0.2, 0.25) is 0 Å².